The second kappa shape index (κ2) is 7.40. The molecule has 118 valence electrons. The number of thiophene rings is 1. The Morgan fingerprint density at radius 1 is 1.36 bits per heavy atom. The number of aromatic nitrogens is 1. The SMILES string of the molecule is CCCCNC(=O)Cc1cc(C)c(C(=O)c2cccs2)n1C. The molecule has 5 heteroatoms. The van der Waals surface area contributed by atoms with Crippen molar-refractivity contribution >= 4 is 23.0 Å². The number of unbranched alkanes of at least 4 members (excludes halogenated alkanes) is 1. The van der Waals surface area contributed by atoms with Crippen LogP contribution in [0.5, 0.6) is 0 Å². The van der Waals surface area contributed by atoms with E-state index in [9.17, 15) is 9.59 Å². The lowest BCUT2D eigenvalue weighted by molar-refractivity contribution is -0.120. The fraction of sp³-hybridized carbons (Fsp3) is 0.412. The lowest BCUT2D eigenvalue weighted by Gasteiger charge is -2.08. The zero-order valence-corrected chi connectivity index (χ0v) is 14.1. The number of carbonyl (C=O) groups excluding carboxylic acids is 2. The summed E-state index contributed by atoms with van der Waals surface area (Å²) in [7, 11) is 1.85. The van der Waals surface area contributed by atoms with Crippen LogP contribution in [0.3, 0.4) is 0 Å². The number of nitrogens with one attached hydrogen (secondary N) is 1. The van der Waals surface area contributed by atoms with Crippen molar-refractivity contribution in [1.82, 2.24) is 9.88 Å². The van der Waals surface area contributed by atoms with Gasteiger partial charge in [-0.05, 0) is 36.4 Å². The predicted molar refractivity (Wildman–Crippen MR) is 89.5 cm³/mol. The minimum atomic E-state index is 0.00386. The van der Waals surface area contributed by atoms with Gasteiger partial charge in [0.05, 0.1) is 17.0 Å². The topological polar surface area (TPSA) is 51.1 Å². The third-order valence-corrected chi connectivity index (χ3v) is 4.55. The number of rotatable bonds is 7. The van der Waals surface area contributed by atoms with E-state index in [2.05, 4.69) is 12.2 Å². The molecular formula is C17H22N2O2S. The Morgan fingerprint density at radius 3 is 2.77 bits per heavy atom. The number of amides is 1. The molecule has 0 spiro atoms. The van der Waals surface area contributed by atoms with Crippen LogP contribution in [0.4, 0.5) is 0 Å². The second-order valence-electron chi connectivity index (χ2n) is 5.41. The molecule has 4 nitrogen and oxygen atoms in total. The average Bonchev–Trinajstić information content (AvgIpc) is 3.08. The van der Waals surface area contributed by atoms with Gasteiger partial charge in [0, 0.05) is 19.3 Å². The van der Waals surface area contributed by atoms with E-state index in [0.717, 1.165) is 29.0 Å². The van der Waals surface area contributed by atoms with Crippen LogP contribution in [-0.4, -0.2) is 22.8 Å². The van der Waals surface area contributed by atoms with Crippen LogP contribution in [0.1, 0.15) is 46.4 Å². The summed E-state index contributed by atoms with van der Waals surface area (Å²) in [6, 6.07) is 5.63. The fourth-order valence-electron chi connectivity index (χ4n) is 2.48. The van der Waals surface area contributed by atoms with Crippen LogP contribution < -0.4 is 5.32 Å². The first-order chi connectivity index (χ1) is 10.5. The molecule has 0 aliphatic rings. The van der Waals surface area contributed by atoms with E-state index < -0.39 is 0 Å². The molecule has 0 radical (unpaired) electrons. The fourth-order valence-corrected chi connectivity index (χ4v) is 3.14. The van der Waals surface area contributed by atoms with Crippen molar-refractivity contribution < 1.29 is 9.59 Å². The number of aryl methyl sites for hydroxylation is 1. The van der Waals surface area contributed by atoms with Gasteiger partial charge >= 0.3 is 0 Å². The number of carbonyl (C=O) groups is 2. The quantitative estimate of drug-likeness (QED) is 0.630. The van der Waals surface area contributed by atoms with Crippen LogP contribution in [0, 0.1) is 6.92 Å². The monoisotopic (exact) mass is 318 g/mol. The van der Waals surface area contributed by atoms with Gasteiger partial charge in [0.15, 0.2) is 0 Å². The van der Waals surface area contributed by atoms with Gasteiger partial charge in [-0.25, -0.2) is 0 Å². The van der Waals surface area contributed by atoms with Gasteiger partial charge < -0.3 is 9.88 Å². The first-order valence-corrected chi connectivity index (χ1v) is 8.42. The minimum absolute atomic E-state index is 0.00386. The highest BCUT2D eigenvalue weighted by molar-refractivity contribution is 7.12. The maximum absolute atomic E-state index is 12.5. The van der Waals surface area contributed by atoms with Gasteiger partial charge in [-0.15, -0.1) is 11.3 Å². The summed E-state index contributed by atoms with van der Waals surface area (Å²) in [5, 5.41) is 4.81. The maximum Gasteiger partial charge on any atom is 0.225 e. The van der Waals surface area contributed by atoms with Crippen LogP contribution in [-0.2, 0) is 18.3 Å². The van der Waals surface area contributed by atoms with Crippen molar-refractivity contribution in [2.45, 2.75) is 33.1 Å². The van der Waals surface area contributed by atoms with Gasteiger partial charge in [0.2, 0.25) is 11.7 Å². The molecular weight excluding hydrogens is 296 g/mol. The summed E-state index contributed by atoms with van der Waals surface area (Å²) >= 11 is 1.44. The molecule has 0 saturated carbocycles. The van der Waals surface area contributed by atoms with Crippen molar-refractivity contribution in [3.8, 4) is 0 Å². The smallest absolute Gasteiger partial charge is 0.225 e. The third kappa shape index (κ3) is 3.65. The summed E-state index contributed by atoms with van der Waals surface area (Å²) in [4.78, 5) is 25.2. The van der Waals surface area contributed by atoms with E-state index in [1.807, 2.05) is 42.1 Å². The average molecular weight is 318 g/mol. The molecule has 2 rings (SSSR count). The molecule has 0 bridgehead atoms. The summed E-state index contributed by atoms with van der Waals surface area (Å²) in [6.07, 6.45) is 2.35. The van der Waals surface area contributed by atoms with Gasteiger partial charge in [-0.2, -0.15) is 0 Å². The zero-order valence-electron chi connectivity index (χ0n) is 13.3. The van der Waals surface area contributed by atoms with Crippen LogP contribution >= 0.6 is 11.3 Å². The van der Waals surface area contributed by atoms with Gasteiger partial charge in [0.1, 0.15) is 0 Å². The van der Waals surface area contributed by atoms with Crippen LogP contribution in [0.2, 0.25) is 0 Å². The van der Waals surface area contributed by atoms with E-state index >= 15 is 0 Å². The molecule has 0 aliphatic carbocycles. The highest BCUT2D eigenvalue weighted by Gasteiger charge is 2.20. The predicted octanol–water partition coefficient (Wildman–Crippen LogP) is 3.08. The molecule has 0 fully saturated rings. The van der Waals surface area contributed by atoms with E-state index in [-0.39, 0.29) is 11.7 Å². The Balaban J connectivity index is 2.13. The molecule has 2 heterocycles. The lowest BCUT2D eigenvalue weighted by atomic mass is 10.1. The third-order valence-electron chi connectivity index (χ3n) is 3.68. The first-order valence-electron chi connectivity index (χ1n) is 7.54. The molecule has 0 unspecified atom stereocenters. The normalized spacial score (nSPS) is 10.7. The van der Waals surface area contributed by atoms with Gasteiger partial charge in [-0.3, -0.25) is 9.59 Å². The number of hydrogen-bond acceptors (Lipinski definition) is 3. The molecule has 0 saturated heterocycles. The largest absolute Gasteiger partial charge is 0.356 e. The number of nitrogens with zero attached hydrogens (tertiary/aromatic N) is 1. The number of hydrogen-bond donors (Lipinski definition) is 1. The first kappa shape index (κ1) is 16.5. The molecule has 1 N–H and O–H groups in total. The lowest BCUT2D eigenvalue weighted by Crippen LogP contribution is -2.26. The zero-order chi connectivity index (χ0) is 16.1. The molecule has 22 heavy (non-hydrogen) atoms. The molecule has 0 aromatic carbocycles. The summed E-state index contributed by atoms with van der Waals surface area (Å²) < 4.78 is 1.84. The summed E-state index contributed by atoms with van der Waals surface area (Å²) in [6.45, 7) is 4.72. The molecule has 2 aromatic heterocycles. The second-order valence-corrected chi connectivity index (χ2v) is 6.36. The summed E-state index contributed by atoms with van der Waals surface area (Å²) in [5.74, 6) is 0.0248. The molecule has 0 atom stereocenters. The van der Waals surface area contributed by atoms with Crippen molar-refractivity contribution in [3.63, 3.8) is 0 Å². The van der Waals surface area contributed by atoms with E-state index in [1.54, 1.807) is 0 Å². The Kier molecular flexibility index (Phi) is 5.55. The summed E-state index contributed by atoms with van der Waals surface area (Å²) in [5.41, 5.74) is 2.45. The van der Waals surface area contributed by atoms with Crippen molar-refractivity contribution in [3.05, 3.63) is 45.4 Å². The van der Waals surface area contributed by atoms with E-state index in [1.165, 1.54) is 11.3 Å². The Bertz CT molecular complexity index is 657. The Hall–Kier alpha value is -1.88. The van der Waals surface area contributed by atoms with Crippen molar-refractivity contribution in [2.24, 2.45) is 7.05 Å². The van der Waals surface area contributed by atoms with Gasteiger partial charge in [-0.1, -0.05) is 19.4 Å². The highest BCUT2D eigenvalue weighted by Crippen LogP contribution is 2.21. The minimum Gasteiger partial charge on any atom is -0.356 e. The van der Waals surface area contributed by atoms with Crippen molar-refractivity contribution in [1.29, 1.82) is 0 Å². The van der Waals surface area contributed by atoms with E-state index in [4.69, 9.17) is 0 Å². The van der Waals surface area contributed by atoms with Crippen LogP contribution in [0.15, 0.2) is 23.6 Å². The molecule has 2 aromatic rings. The van der Waals surface area contributed by atoms with Crippen LogP contribution in [0.25, 0.3) is 0 Å². The molecule has 1 amide bonds. The van der Waals surface area contributed by atoms with E-state index in [0.29, 0.717) is 18.7 Å². The standard InChI is InChI=1S/C17H22N2O2S/c1-4-5-8-18-15(20)11-13-10-12(2)16(19(13)3)17(21)14-7-6-9-22-14/h6-7,9-10H,4-5,8,11H2,1-3H3,(H,18,20). The van der Waals surface area contributed by atoms with Gasteiger partial charge in [0.25, 0.3) is 0 Å². The Morgan fingerprint density at radius 2 is 2.14 bits per heavy atom. The maximum atomic E-state index is 12.5. The highest BCUT2D eigenvalue weighted by atomic mass is 32.1. The molecule has 0 aliphatic heterocycles. The number of ketones is 1. The Labute approximate surface area is 135 Å². The van der Waals surface area contributed by atoms with Crippen molar-refractivity contribution in [2.75, 3.05) is 6.54 Å².